The lowest BCUT2D eigenvalue weighted by molar-refractivity contribution is 0.0698. The van der Waals surface area contributed by atoms with Gasteiger partial charge in [-0.2, -0.15) is 5.10 Å². The van der Waals surface area contributed by atoms with Gasteiger partial charge in [-0.25, -0.2) is 9.67 Å². The summed E-state index contributed by atoms with van der Waals surface area (Å²) < 4.78 is 1.92. The Kier molecular flexibility index (Phi) is 5.11. The summed E-state index contributed by atoms with van der Waals surface area (Å²) in [5.74, 6) is 0.371. The van der Waals surface area contributed by atoms with Crippen molar-refractivity contribution in [2.24, 2.45) is 0 Å². The van der Waals surface area contributed by atoms with Crippen LogP contribution in [-0.2, 0) is 0 Å². The van der Waals surface area contributed by atoms with Crippen LogP contribution in [0.5, 0.6) is 0 Å². The highest BCUT2D eigenvalue weighted by atomic mass is 16.2. The fraction of sp³-hybridized carbons (Fsp3) is 0.650. The van der Waals surface area contributed by atoms with Gasteiger partial charge in [0.05, 0.1) is 17.1 Å². The number of carbonyl (C=O) groups is 1. The van der Waals surface area contributed by atoms with Gasteiger partial charge >= 0.3 is 0 Å². The number of amides is 1. The van der Waals surface area contributed by atoms with E-state index in [0.29, 0.717) is 6.04 Å². The Labute approximate surface area is 150 Å². The summed E-state index contributed by atoms with van der Waals surface area (Å²) >= 11 is 0. The molecule has 0 aromatic carbocycles. The third kappa shape index (κ3) is 3.42. The van der Waals surface area contributed by atoms with Crippen LogP contribution in [0, 0.1) is 0 Å². The summed E-state index contributed by atoms with van der Waals surface area (Å²) in [6.45, 7) is 8.41. The molecule has 5 nitrogen and oxygen atoms in total. The van der Waals surface area contributed by atoms with Gasteiger partial charge in [-0.1, -0.05) is 33.1 Å². The highest BCUT2D eigenvalue weighted by molar-refractivity contribution is 6.05. The Morgan fingerprint density at radius 3 is 2.48 bits per heavy atom. The minimum Gasteiger partial charge on any atom is -0.339 e. The lowest BCUT2D eigenvalue weighted by Gasteiger charge is -2.31. The zero-order chi connectivity index (χ0) is 18.1. The summed E-state index contributed by atoms with van der Waals surface area (Å²) in [7, 11) is 1.95. The van der Waals surface area contributed by atoms with Crippen molar-refractivity contribution in [3.05, 3.63) is 23.5 Å². The van der Waals surface area contributed by atoms with E-state index < -0.39 is 0 Å². The Morgan fingerprint density at radius 2 is 1.88 bits per heavy atom. The highest BCUT2D eigenvalue weighted by Gasteiger charge is 2.26. The van der Waals surface area contributed by atoms with E-state index >= 15 is 0 Å². The monoisotopic (exact) mass is 342 g/mol. The summed E-state index contributed by atoms with van der Waals surface area (Å²) in [6.07, 6.45) is 7.75. The average Bonchev–Trinajstić information content (AvgIpc) is 3.04. The number of nitrogens with zero attached hydrogens (tertiary/aromatic N) is 4. The molecule has 3 rings (SSSR count). The van der Waals surface area contributed by atoms with E-state index in [-0.39, 0.29) is 17.9 Å². The second-order valence-electron chi connectivity index (χ2n) is 7.88. The minimum absolute atomic E-state index is 0.101. The van der Waals surface area contributed by atoms with Gasteiger partial charge in [-0.3, -0.25) is 4.79 Å². The lowest BCUT2D eigenvalue weighted by Crippen LogP contribution is -2.38. The molecule has 1 fully saturated rings. The maximum absolute atomic E-state index is 13.3. The summed E-state index contributed by atoms with van der Waals surface area (Å²) in [5.41, 5.74) is 2.52. The average molecular weight is 342 g/mol. The van der Waals surface area contributed by atoms with Crippen LogP contribution < -0.4 is 0 Å². The normalized spacial score (nSPS) is 16.1. The number of fused-ring (bicyclic) bond motifs is 1. The van der Waals surface area contributed by atoms with Crippen molar-refractivity contribution < 1.29 is 4.79 Å². The molecule has 1 aliphatic carbocycles. The quantitative estimate of drug-likeness (QED) is 0.819. The van der Waals surface area contributed by atoms with Crippen LogP contribution in [0.25, 0.3) is 11.0 Å². The third-order valence-corrected chi connectivity index (χ3v) is 5.34. The standard InChI is InChI=1S/C20H30N4O/c1-13(2)18-11-16(17-12-21-24(14(3)4)19(17)22-18)20(25)23(5)15-9-7-6-8-10-15/h11-15H,6-10H2,1-5H3. The molecule has 1 amide bonds. The molecule has 2 aromatic heterocycles. The maximum Gasteiger partial charge on any atom is 0.254 e. The van der Waals surface area contributed by atoms with Gasteiger partial charge in [-0.05, 0) is 38.7 Å². The van der Waals surface area contributed by atoms with E-state index in [2.05, 4.69) is 32.8 Å². The molecule has 0 spiro atoms. The zero-order valence-electron chi connectivity index (χ0n) is 16.1. The number of pyridine rings is 1. The molecule has 0 bridgehead atoms. The van der Waals surface area contributed by atoms with E-state index in [1.165, 1.54) is 19.3 Å². The number of aromatic nitrogens is 3. The summed E-state index contributed by atoms with van der Waals surface area (Å²) in [6, 6.07) is 2.54. The van der Waals surface area contributed by atoms with Crippen LogP contribution in [0.4, 0.5) is 0 Å². The SMILES string of the molecule is CC(C)c1cc(C(=O)N(C)C2CCCCC2)c2cnn(C(C)C)c2n1. The first-order valence-corrected chi connectivity index (χ1v) is 9.55. The smallest absolute Gasteiger partial charge is 0.254 e. The van der Waals surface area contributed by atoms with Crippen molar-refractivity contribution in [2.45, 2.75) is 77.8 Å². The molecule has 0 N–H and O–H groups in total. The third-order valence-electron chi connectivity index (χ3n) is 5.34. The van der Waals surface area contributed by atoms with Crippen LogP contribution in [0.15, 0.2) is 12.3 Å². The van der Waals surface area contributed by atoms with E-state index in [4.69, 9.17) is 4.98 Å². The molecule has 136 valence electrons. The van der Waals surface area contributed by atoms with Gasteiger partial charge in [0.1, 0.15) is 0 Å². The van der Waals surface area contributed by atoms with Crippen LogP contribution in [0.1, 0.15) is 87.8 Å². The second-order valence-corrected chi connectivity index (χ2v) is 7.88. The molecule has 2 aromatic rings. The Bertz CT molecular complexity index is 756. The highest BCUT2D eigenvalue weighted by Crippen LogP contribution is 2.28. The largest absolute Gasteiger partial charge is 0.339 e. The Balaban J connectivity index is 2.05. The molecule has 1 saturated carbocycles. The van der Waals surface area contributed by atoms with E-state index in [1.807, 2.05) is 22.7 Å². The van der Waals surface area contributed by atoms with Gasteiger partial charge in [0.2, 0.25) is 0 Å². The molecular formula is C20H30N4O. The molecule has 2 heterocycles. The van der Waals surface area contributed by atoms with Gasteiger partial charge in [0.15, 0.2) is 5.65 Å². The van der Waals surface area contributed by atoms with Crippen molar-refractivity contribution in [1.29, 1.82) is 0 Å². The molecule has 5 heteroatoms. The van der Waals surface area contributed by atoms with Crippen molar-refractivity contribution >= 4 is 16.9 Å². The van der Waals surface area contributed by atoms with Gasteiger partial charge in [0.25, 0.3) is 5.91 Å². The Hall–Kier alpha value is -1.91. The molecule has 0 unspecified atom stereocenters. The molecule has 1 aliphatic rings. The summed E-state index contributed by atoms with van der Waals surface area (Å²) in [5, 5.41) is 5.36. The van der Waals surface area contributed by atoms with Gasteiger partial charge < -0.3 is 4.90 Å². The first-order chi connectivity index (χ1) is 11.9. The van der Waals surface area contributed by atoms with Crippen molar-refractivity contribution in [3.63, 3.8) is 0 Å². The first-order valence-electron chi connectivity index (χ1n) is 9.55. The molecule has 0 radical (unpaired) electrons. The fourth-order valence-electron chi connectivity index (χ4n) is 3.71. The van der Waals surface area contributed by atoms with E-state index in [9.17, 15) is 4.79 Å². The van der Waals surface area contributed by atoms with E-state index in [0.717, 1.165) is 35.1 Å². The van der Waals surface area contributed by atoms with E-state index in [1.54, 1.807) is 6.20 Å². The fourth-order valence-corrected chi connectivity index (χ4v) is 3.71. The minimum atomic E-state index is 0.101. The number of carbonyl (C=O) groups excluding carboxylic acids is 1. The zero-order valence-corrected chi connectivity index (χ0v) is 16.1. The predicted molar refractivity (Wildman–Crippen MR) is 101 cm³/mol. The summed E-state index contributed by atoms with van der Waals surface area (Å²) in [4.78, 5) is 20.0. The number of hydrogen-bond acceptors (Lipinski definition) is 3. The van der Waals surface area contributed by atoms with Crippen LogP contribution in [-0.4, -0.2) is 38.7 Å². The molecule has 0 saturated heterocycles. The molecule has 25 heavy (non-hydrogen) atoms. The van der Waals surface area contributed by atoms with Crippen LogP contribution in [0.2, 0.25) is 0 Å². The molecule has 0 aliphatic heterocycles. The van der Waals surface area contributed by atoms with Crippen molar-refractivity contribution in [1.82, 2.24) is 19.7 Å². The van der Waals surface area contributed by atoms with Crippen molar-refractivity contribution in [3.8, 4) is 0 Å². The Morgan fingerprint density at radius 1 is 1.20 bits per heavy atom. The number of rotatable bonds is 4. The lowest BCUT2D eigenvalue weighted by atomic mass is 9.94. The van der Waals surface area contributed by atoms with Crippen LogP contribution in [0.3, 0.4) is 0 Å². The van der Waals surface area contributed by atoms with Gasteiger partial charge in [0, 0.05) is 24.8 Å². The number of hydrogen-bond donors (Lipinski definition) is 0. The van der Waals surface area contributed by atoms with Crippen LogP contribution >= 0.6 is 0 Å². The first kappa shape index (κ1) is 17.9. The van der Waals surface area contributed by atoms with Crippen molar-refractivity contribution in [2.75, 3.05) is 7.05 Å². The van der Waals surface area contributed by atoms with Gasteiger partial charge in [-0.15, -0.1) is 0 Å². The second kappa shape index (κ2) is 7.14. The molecular weight excluding hydrogens is 312 g/mol. The predicted octanol–water partition coefficient (Wildman–Crippen LogP) is 4.54. The maximum atomic E-state index is 13.3. The topological polar surface area (TPSA) is 51.0 Å². The molecule has 0 atom stereocenters.